The summed E-state index contributed by atoms with van der Waals surface area (Å²) in [6.07, 6.45) is 1.93. The van der Waals surface area contributed by atoms with E-state index in [0.29, 0.717) is 0 Å². The van der Waals surface area contributed by atoms with Crippen molar-refractivity contribution in [2.75, 3.05) is 0 Å². The first-order valence-corrected chi connectivity index (χ1v) is 11.6. The fourth-order valence-electron chi connectivity index (χ4n) is 5.29. The quantitative estimate of drug-likeness (QED) is 0.196. The van der Waals surface area contributed by atoms with Crippen LogP contribution in [0.3, 0.4) is 0 Å². The van der Waals surface area contributed by atoms with Gasteiger partial charge in [0.2, 0.25) is 0 Å². The van der Waals surface area contributed by atoms with Crippen LogP contribution in [0.1, 0.15) is 0 Å². The fraction of sp³-hybridized carbons (Fsp3) is 0. The summed E-state index contributed by atoms with van der Waals surface area (Å²) in [5.41, 5.74) is 4.67. The summed E-state index contributed by atoms with van der Waals surface area (Å²) in [6, 6.07) is 43.6. The molecule has 0 aliphatic heterocycles. The fourth-order valence-corrected chi connectivity index (χ4v) is 5.29. The Morgan fingerprint density at radius 2 is 0.971 bits per heavy atom. The lowest BCUT2D eigenvalue weighted by Gasteiger charge is -2.13. The van der Waals surface area contributed by atoms with Gasteiger partial charge in [0.05, 0.1) is 5.69 Å². The number of benzene rings is 6. The molecule has 0 spiro atoms. The summed E-state index contributed by atoms with van der Waals surface area (Å²) in [5, 5.41) is 10.0. The summed E-state index contributed by atoms with van der Waals surface area (Å²) in [4.78, 5) is 4.79. The molecule has 1 heterocycles. The maximum atomic E-state index is 4.79. The minimum atomic E-state index is 1.03. The van der Waals surface area contributed by atoms with Crippen LogP contribution in [-0.2, 0) is 0 Å². The highest BCUT2D eigenvalue weighted by Crippen LogP contribution is 2.38. The third kappa shape index (κ3) is 2.91. The van der Waals surface area contributed by atoms with Gasteiger partial charge in [-0.25, -0.2) is 0 Å². The van der Waals surface area contributed by atoms with Crippen LogP contribution in [0, 0.1) is 0 Å². The van der Waals surface area contributed by atoms with Crippen LogP contribution < -0.4 is 0 Å². The molecule has 34 heavy (non-hydrogen) atoms. The van der Waals surface area contributed by atoms with Gasteiger partial charge in [0, 0.05) is 17.1 Å². The van der Waals surface area contributed by atoms with Crippen molar-refractivity contribution >= 4 is 43.1 Å². The van der Waals surface area contributed by atoms with Gasteiger partial charge in [-0.3, -0.25) is 4.98 Å². The number of fused-ring (bicyclic) bond motifs is 5. The largest absolute Gasteiger partial charge is 0.256 e. The highest BCUT2D eigenvalue weighted by atomic mass is 14.7. The topological polar surface area (TPSA) is 12.9 Å². The van der Waals surface area contributed by atoms with Crippen LogP contribution >= 0.6 is 0 Å². The summed E-state index contributed by atoms with van der Waals surface area (Å²) >= 11 is 0. The standard InChI is InChI=1S/C33H21N/c1-4-10-27-22(7-1)17-18-31-30(27)19-20-34-33(31)24-15-13-23(14-16-24)32-28-11-5-2-8-25(28)21-26-9-3-6-12-29(26)32/h1-21H. The maximum Gasteiger partial charge on any atom is 0.0780 e. The normalized spacial score (nSPS) is 11.5. The molecule has 0 aliphatic carbocycles. The van der Waals surface area contributed by atoms with Crippen LogP contribution in [0.4, 0.5) is 0 Å². The third-order valence-electron chi connectivity index (χ3n) is 6.89. The number of hydrogen-bond acceptors (Lipinski definition) is 1. The lowest BCUT2D eigenvalue weighted by atomic mass is 9.91. The minimum absolute atomic E-state index is 1.03. The smallest absolute Gasteiger partial charge is 0.0780 e. The van der Waals surface area contributed by atoms with Gasteiger partial charge in [-0.2, -0.15) is 0 Å². The van der Waals surface area contributed by atoms with Crippen LogP contribution in [0.5, 0.6) is 0 Å². The van der Waals surface area contributed by atoms with Crippen molar-refractivity contribution < 1.29 is 0 Å². The Morgan fingerprint density at radius 3 is 1.68 bits per heavy atom. The van der Waals surface area contributed by atoms with Crippen molar-refractivity contribution in [1.29, 1.82) is 0 Å². The van der Waals surface area contributed by atoms with Gasteiger partial charge >= 0.3 is 0 Å². The Balaban J connectivity index is 1.42. The average molecular weight is 432 g/mol. The molecular formula is C33H21N. The third-order valence-corrected chi connectivity index (χ3v) is 6.89. The van der Waals surface area contributed by atoms with Gasteiger partial charge in [-0.05, 0) is 61.0 Å². The van der Waals surface area contributed by atoms with Crippen LogP contribution in [-0.4, -0.2) is 4.98 Å². The highest BCUT2D eigenvalue weighted by molar-refractivity contribution is 6.13. The molecule has 0 unspecified atom stereocenters. The van der Waals surface area contributed by atoms with E-state index < -0.39 is 0 Å². The van der Waals surface area contributed by atoms with Gasteiger partial charge in [0.15, 0.2) is 0 Å². The Morgan fingerprint density at radius 1 is 0.382 bits per heavy atom. The highest BCUT2D eigenvalue weighted by Gasteiger charge is 2.12. The van der Waals surface area contributed by atoms with E-state index in [2.05, 4.69) is 121 Å². The van der Waals surface area contributed by atoms with Crippen LogP contribution in [0.25, 0.3) is 65.5 Å². The van der Waals surface area contributed by atoms with Crippen molar-refractivity contribution in [3.05, 3.63) is 128 Å². The number of pyridine rings is 1. The Labute approximate surface area is 197 Å². The second kappa shape index (κ2) is 7.54. The predicted octanol–water partition coefficient (Wildman–Crippen LogP) is 9.03. The predicted molar refractivity (Wildman–Crippen MR) is 145 cm³/mol. The summed E-state index contributed by atoms with van der Waals surface area (Å²) in [6.45, 7) is 0. The second-order valence-electron chi connectivity index (χ2n) is 8.81. The number of rotatable bonds is 2. The van der Waals surface area contributed by atoms with Crippen molar-refractivity contribution in [2.45, 2.75) is 0 Å². The van der Waals surface area contributed by atoms with Crippen molar-refractivity contribution in [2.24, 2.45) is 0 Å². The molecule has 7 rings (SSSR count). The first-order chi connectivity index (χ1) is 16.9. The molecule has 6 aromatic carbocycles. The molecule has 1 heteroatoms. The zero-order valence-corrected chi connectivity index (χ0v) is 18.6. The van der Waals surface area contributed by atoms with Gasteiger partial charge in [-0.15, -0.1) is 0 Å². The summed E-state index contributed by atoms with van der Waals surface area (Å²) < 4.78 is 0. The molecule has 1 aromatic heterocycles. The minimum Gasteiger partial charge on any atom is -0.256 e. The Kier molecular flexibility index (Phi) is 4.22. The van der Waals surface area contributed by atoms with Crippen molar-refractivity contribution in [3.63, 3.8) is 0 Å². The summed E-state index contributed by atoms with van der Waals surface area (Å²) in [5.74, 6) is 0. The Hall–Kier alpha value is -4.49. The monoisotopic (exact) mass is 431 g/mol. The lowest BCUT2D eigenvalue weighted by molar-refractivity contribution is 1.36. The van der Waals surface area contributed by atoms with E-state index in [0.717, 1.165) is 11.3 Å². The summed E-state index contributed by atoms with van der Waals surface area (Å²) in [7, 11) is 0. The van der Waals surface area contributed by atoms with Gasteiger partial charge < -0.3 is 0 Å². The van der Waals surface area contributed by atoms with Gasteiger partial charge in [0.25, 0.3) is 0 Å². The molecule has 0 N–H and O–H groups in total. The molecule has 0 saturated heterocycles. The zero-order valence-electron chi connectivity index (χ0n) is 18.6. The molecular weight excluding hydrogens is 410 g/mol. The zero-order chi connectivity index (χ0) is 22.5. The molecule has 0 radical (unpaired) electrons. The van der Waals surface area contributed by atoms with E-state index >= 15 is 0 Å². The Bertz CT molecular complexity index is 1790. The SMILES string of the molecule is c1ccc2c(-c3ccc(-c4nccc5c4ccc4ccccc45)cc3)c3ccccc3cc2c1. The molecule has 1 nitrogen and oxygen atoms in total. The molecule has 7 aromatic rings. The second-order valence-corrected chi connectivity index (χ2v) is 8.81. The van der Waals surface area contributed by atoms with Crippen molar-refractivity contribution in [1.82, 2.24) is 4.98 Å². The van der Waals surface area contributed by atoms with E-state index in [4.69, 9.17) is 4.98 Å². The average Bonchev–Trinajstić information content (AvgIpc) is 2.91. The number of aromatic nitrogens is 1. The van der Waals surface area contributed by atoms with E-state index in [9.17, 15) is 0 Å². The molecule has 0 amide bonds. The molecule has 158 valence electrons. The van der Waals surface area contributed by atoms with Crippen LogP contribution in [0.15, 0.2) is 128 Å². The van der Waals surface area contributed by atoms with Gasteiger partial charge in [-0.1, -0.05) is 109 Å². The number of nitrogens with zero attached hydrogens (tertiary/aromatic N) is 1. The first kappa shape index (κ1) is 19.0. The van der Waals surface area contributed by atoms with E-state index in [1.165, 1.54) is 54.2 Å². The molecule has 0 atom stereocenters. The van der Waals surface area contributed by atoms with E-state index in [1.54, 1.807) is 0 Å². The van der Waals surface area contributed by atoms with Gasteiger partial charge in [0.1, 0.15) is 0 Å². The van der Waals surface area contributed by atoms with E-state index in [1.807, 2.05) is 6.20 Å². The maximum absolute atomic E-state index is 4.79. The molecule has 0 bridgehead atoms. The van der Waals surface area contributed by atoms with Crippen LogP contribution in [0.2, 0.25) is 0 Å². The van der Waals surface area contributed by atoms with E-state index in [-0.39, 0.29) is 0 Å². The first-order valence-electron chi connectivity index (χ1n) is 11.6. The van der Waals surface area contributed by atoms with Crippen molar-refractivity contribution in [3.8, 4) is 22.4 Å². The molecule has 0 saturated carbocycles. The number of hydrogen-bond donors (Lipinski definition) is 0. The molecule has 0 fully saturated rings. The lowest BCUT2D eigenvalue weighted by Crippen LogP contribution is -1.89. The molecule has 0 aliphatic rings.